The van der Waals surface area contributed by atoms with Crippen molar-refractivity contribution in [1.82, 2.24) is 10.7 Å². The van der Waals surface area contributed by atoms with Crippen LogP contribution in [0.4, 0.5) is 5.69 Å². The summed E-state index contributed by atoms with van der Waals surface area (Å²) < 4.78 is 38.6. The molecule has 4 rings (SSSR count). The minimum absolute atomic E-state index is 0.0360. The van der Waals surface area contributed by atoms with Crippen molar-refractivity contribution in [2.75, 3.05) is 30.6 Å². The Labute approximate surface area is 238 Å². The zero-order valence-electron chi connectivity index (χ0n) is 21.5. The minimum atomic E-state index is -4.05. The van der Waals surface area contributed by atoms with Gasteiger partial charge in [-0.15, -0.1) is 0 Å². The fourth-order valence-corrected chi connectivity index (χ4v) is 5.51. The molecule has 3 aromatic rings. The van der Waals surface area contributed by atoms with Crippen LogP contribution < -0.4 is 19.8 Å². The largest absolute Gasteiger partial charge is 0.484 e. The number of hydrazone groups is 1. The standard InChI is InChI=1S/C28H29ClN4O6S/c29-22-6-4-7-23(16-22)33(40(36,37)26-9-2-1-3-10-26)19-27(34)32-31-17-21-11-13-24(14-12-21)39-20-28(35)30-18-25-8-5-15-38-25/h1-4,6-7,9-14,16-17,25H,5,8,15,18-20H2,(H,30,35)(H,32,34)/b31-17-/t25-/m1/s1. The van der Waals surface area contributed by atoms with Crippen LogP contribution in [0.2, 0.25) is 5.02 Å². The number of sulfonamides is 1. The molecule has 2 amide bonds. The molecule has 2 N–H and O–H groups in total. The molecule has 1 aliphatic heterocycles. The van der Waals surface area contributed by atoms with Gasteiger partial charge in [-0.05, 0) is 73.0 Å². The molecule has 10 nitrogen and oxygen atoms in total. The molecule has 1 aliphatic rings. The summed E-state index contributed by atoms with van der Waals surface area (Å²) in [5, 5.41) is 7.06. The second-order valence-electron chi connectivity index (χ2n) is 8.89. The van der Waals surface area contributed by atoms with Crippen molar-refractivity contribution >= 4 is 45.3 Å². The van der Waals surface area contributed by atoms with Crippen molar-refractivity contribution < 1.29 is 27.5 Å². The van der Waals surface area contributed by atoms with Gasteiger partial charge >= 0.3 is 0 Å². The molecule has 0 radical (unpaired) electrons. The molecule has 0 spiro atoms. The quantitative estimate of drug-likeness (QED) is 0.248. The average molecular weight is 585 g/mol. The molecule has 0 unspecified atom stereocenters. The first-order valence-corrected chi connectivity index (χ1v) is 14.4. The monoisotopic (exact) mass is 584 g/mol. The Morgan fingerprint density at radius 2 is 1.82 bits per heavy atom. The third-order valence-electron chi connectivity index (χ3n) is 5.92. The molecular weight excluding hydrogens is 556 g/mol. The van der Waals surface area contributed by atoms with Gasteiger partial charge in [-0.2, -0.15) is 5.10 Å². The number of amides is 2. The van der Waals surface area contributed by atoms with Crippen LogP contribution in [0, 0.1) is 0 Å². The number of ether oxygens (including phenoxy) is 2. The fourth-order valence-electron chi connectivity index (χ4n) is 3.89. The summed E-state index contributed by atoms with van der Waals surface area (Å²) >= 11 is 6.08. The van der Waals surface area contributed by atoms with Gasteiger partial charge in [0.05, 0.1) is 22.9 Å². The molecule has 40 heavy (non-hydrogen) atoms. The maximum Gasteiger partial charge on any atom is 0.264 e. The highest BCUT2D eigenvalue weighted by molar-refractivity contribution is 7.92. The lowest BCUT2D eigenvalue weighted by molar-refractivity contribution is -0.123. The molecule has 1 atom stereocenters. The zero-order valence-corrected chi connectivity index (χ0v) is 23.1. The van der Waals surface area contributed by atoms with E-state index in [1.807, 2.05) is 0 Å². The molecule has 3 aromatic carbocycles. The van der Waals surface area contributed by atoms with Gasteiger partial charge in [-0.25, -0.2) is 13.8 Å². The van der Waals surface area contributed by atoms with E-state index < -0.39 is 22.5 Å². The van der Waals surface area contributed by atoms with Crippen LogP contribution in [0.1, 0.15) is 18.4 Å². The number of nitrogens with one attached hydrogen (secondary N) is 2. The Balaban J connectivity index is 1.31. The van der Waals surface area contributed by atoms with E-state index >= 15 is 0 Å². The summed E-state index contributed by atoms with van der Waals surface area (Å²) in [6, 6.07) is 20.8. The van der Waals surface area contributed by atoms with E-state index in [1.54, 1.807) is 60.7 Å². The summed E-state index contributed by atoms with van der Waals surface area (Å²) in [6.07, 6.45) is 3.42. The molecule has 0 bridgehead atoms. The number of hydrogen-bond donors (Lipinski definition) is 2. The van der Waals surface area contributed by atoms with Gasteiger partial charge in [0.1, 0.15) is 12.3 Å². The minimum Gasteiger partial charge on any atom is -0.484 e. The van der Waals surface area contributed by atoms with E-state index in [-0.39, 0.29) is 29.2 Å². The number of carbonyl (C=O) groups is 2. The zero-order chi connectivity index (χ0) is 28.4. The number of rotatable bonds is 12. The molecule has 1 heterocycles. The SMILES string of the molecule is O=C(COc1ccc(/C=N\NC(=O)CN(c2cccc(Cl)c2)S(=O)(=O)c2ccccc2)cc1)NC[C@H]1CCCO1. The molecular formula is C28H29ClN4O6S. The number of anilines is 1. The Morgan fingerprint density at radius 3 is 2.52 bits per heavy atom. The smallest absolute Gasteiger partial charge is 0.264 e. The van der Waals surface area contributed by atoms with Gasteiger partial charge in [0.15, 0.2) is 6.61 Å². The molecule has 0 aromatic heterocycles. The van der Waals surface area contributed by atoms with E-state index in [2.05, 4.69) is 15.8 Å². The Bertz CT molecular complexity index is 1430. The Kier molecular flexibility index (Phi) is 10.1. The lowest BCUT2D eigenvalue weighted by atomic mass is 10.2. The van der Waals surface area contributed by atoms with Gasteiger partial charge < -0.3 is 14.8 Å². The molecule has 1 fully saturated rings. The second kappa shape index (κ2) is 13.9. The highest BCUT2D eigenvalue weighted by Gasteiger charge is 2.27. The van der Waals surface area contributed by atoms with Crippen molar-refractivity contribution in [2.45, 2.75) is 23.8 Å². The second-order valence-corrected chi connectivity index (χ2v) is 11.2. The van der Waals surface area contributed by atoms with Crippen molar-refractivity contribution in [1.29, 1.82) is 0 Å². The van der Waals surface area contributed by atoms with Crippen molar-refractivity contribution in [3.8, 4) is 5.75 Å². The predicted octanol–water partition coefficient (Wildman–Crippen LogP) is 3.36. The average Bonchev–Trinajstić information content (AvgIpc) is 3.49. The third-order valence-corrected chi connectivity index (χ3v) is 7.94. The topological polar surface area (TPSA) is 126 Å². The van der Waals surface area contributed by atoms with E-state index in [1.165, 1.54) is 24.4 Å². The summed E-state index contributed by atoms with van der Waals surface area (Å²) in [4.78, 5) is 24.7. The normalized spacial score (nSPS) is 15.1. The summed E-state index contributed by atoms with van der Waals surface area (Å²) in [7, 11) is -4.05. The van der Waals surface area contributed by atoms with Crippen LogP contribution in [0.25, 0.3) is 0 Å². The van der Waals surface area contributed by atoms with Crippen molar-refractivity contribution in [3.63, 3.8) is 0 Å². The van der Waals surface area contributed by atoms with Crippen molar-refractivity contribution in [2.24, 2.45) is 5.10 Å². The number of halogens is 1. The van der Waals surface area contributed by atoms with Crippen LogP contribution in [0.3, 0.4) is 0 Å². The summed E-state index contributed by atoms with van der Waals surface area (Å²) in [6.45, 7) is 0.564. The molecule has 12 heteroatoms. The number of hydrogen-bond acceptors (Lipinski definition) is 7. The van der Waals surface area contributed by atoms with Gasteiger partial charge in [0, 0.05) is 18.2 Å². The Hall–Kier alpha value is -3.93. The van der Waals surface area contributed by atoms with Gasteiger partial charge in [0.25, 0.3) is 21.8 Å². The predicted molar refractivity (Wildman–Crippen MR) is 152 cm³/mol. The maximum absolute atomic E-state index is 13.3. The molecule has 0 saturated carbocycles. The van der Waals surface area contributed by atoms with Gasteiger partial charge in [-0.3, -0.25) is 13.9 Å². The van der Waals surface area contributed by atoms with Crippen molar-refractivity contribution in [3.05, 3.63) is 89.4 Å². The van der Waals surface area contributed by atoms with Gasteiger partial charge in [0.2, 0.25) is 0 Å². The van der Waals surface area contributed by atoms with Gasteiger partial charge in [-0.1, -0.05) is 35.9 Å². The van der Waals surface area contributed by atoms with E-state index in [0.29, 0.717) is 22.9 Å². The van der Waals surface area contributed by atoms with Crippen LogP contribution in [-0.2, 0) is 24.3 Å². The third kappa shape index (κ3) is 8.28. The van der Waals surface area contributed by atoms with E-state index in [0.717, 1.165) is 23.8 Å². The maximum atomic E-state index is 13.3. The summed E-state index contributed by atoms with van der Waals surface area (Å²) in [5.41, 5.74) is 3.25. The Morgan fingerprint density at radius 1 is 1.05 bits per heavy atom. The molecule has 0 aliphatic carbocycles. The number of nitrogens with zero attached hydrogens (tertiary/aromatic N) is 2. The van der Waals surface area contributed by atoms with Crippen LogP contribution in [0.15, 0.2) is 88.9 Å². The lowest BCUT2D eigenvalue weighted by Crippen LogP contribution is -2.39. The molecule has 1 saturated heterocycles. The first-order valence-electron chi connectivity index (χ1n) is 12.6. The first kappa shape index (κ1) is 29.1. The highest BCUT2D eigenvalue weighted by Crippen LogP contribution is 2.26. The van der Waals surface area contributed by atoms with Crippen LogP contribution in [-0.4, -0.2) is 58.9 Å². The highest BCUT2D eigenvalue weighted by atomic mass is 35.5. The van der Waals surface area contributed by atoms with Crippen LogP contribution >= 0.6 is 11.6 Å². The fraction of sp³-hybridized carbons (Fsp3) is 0.250. The van der Waals surface area contributed by atoms with E-state index in [9.17, 15) is 18.0 Å². The first-order chi connectivity index (χ1) is 19.3. The van der Waals surface area contributed by atoms with E-state index in [4.69, 9.17) is 21.1 Å². The number of carbonyl (C=O) groups excluding carboxylic acids is 2. The van der Waals surface area contributed by atoms with Crippen LogP contribution in [0.5, 0.6) is 5.75 Å². The number of benzene rings is 3. The summed E-state index contributed by atoms with van der Waals surface area (Å²) in [5.74, 6) is -0.383. The lowest BCUT2D eigenvalue weighted by Gasteiger charge is -2.23. The molecule has 210 valence electrons.